The van der Waals surface area contributed by atoms with Crippen molar-refractivity contribution in [1.29, 1.82) is 0 Å². The number of benzene rings is 2. The average Bonchev–Trinajstić information content (AvgIpc) is 2.68. The standard InChI is InChI=1S/C21H26NO6P/c1-3-27-29(26,28-4-2)15-17-10-12-18(13-11-17)22-20(23)19(21(24)25)14-16-8-6-5-7-9-16/h5-13,19H,3-4,14-15H2,1-2H3,(H,22,23)(H,24,25). The summed E-state index contributed by atoms with van der Waals surface area (Å²) in [5.74, 6) is -2.98. The molecule has 2 aromatic carbocycles. The largest absolute Gasteiger partial charge is 0.481 e. The van der Waals surface area contributed by atoms with Crippen LogP contribution >= 0.6 is 7.60 Å². The first kappa shape index (κ1) is 22.8. The molecule has 156 valence electrons. The van der Waals surface area contributed by atoms with Crippen LogP contribution in [0.4, 0.5) is 5.69 Å². The Hall–Kier alpha value is -2.47. The molecule has 0 saturated carbocycles. The summed E-state index contributed by atoms with van der Waals surface area (Å²) in [5, 5.41) is 12.1. The number of rotatable bonds is 11. The van der Waals surface area contributed by atoms with Crippen LogP contribution in [-0.2, 0) is 35.8 Å². The van der Waals surface area contributed by atoms with E-state index in [1.165, 1.54) is 0 Å². The van der Waals surface area contributed by atoms with Crippen LogP contribution in [0.3, 0.4) is 0 Å². The Balaban J connectivity index is 2.04. The van der Waals surface area contributed by atoms with Crippen molar-refractivity contribution in [3.8, 4) is 0 Å². The molecule has 0 fully saturated rings. The van der Waals surface area contributed by atoms with E-state index in [0.29, 0.717) is 5.69 Å². The van der Waals surface area contributed by atoms with Crippen LogP contribution in [0.5, 0.6) is 0 Å². The minimum absolute atomic E-state index is 0.103. The van der Waals surface area contributed by atoms with Gasteiger partial charge in [-0.05, 0) is 43.5 Å². The zero-order chi connectivity index (χ0) is 21.3. The summed E-state index contributed by atoms with van der Waals surface area (Å²) in [6, 6.07) is 15.7. The van der Waals surface area contributed by atoms with Gasteiger partial charge in [0.15, 0.2) is 0 Å². The molecule has 0 aromatic heterocycles. The predicted octanol–water partition coefficient (Wildman–Crippen LogP) is 4.33. The van der Waals surface area contributed by atoms with E-state index in [0.717, 1.165) is 11.1 Å². The summed E-state index contributed by atoms with van der Waals surface area (Å²) >= 11 is 0. The molecule has 2 rings (SSSR count). The van der Waals surface area contributed by atoms with E-state index in [2.05, 4.69) is 5.32 Å². The molecule has 1 atom stereocenters. The molecule has 1 amide bonds. The second-order valence-electron chi connectivity index (χ2n) is 6.37. The van der Waals surface area contributed by atoms with Crippen LogP contribution in [0.25, 0.3) is 0 Å². The molecule has 2 N–H and O–H groups in total. The Morgan fingerprint density at radius 2 is 1.55 bits per heavy atom. The molecule has 0 aliphatic rings. The topological polar surface area (TPSA) is 102 Å². The summed E-state index contributed by atoms with van der Waals surface area (Å²) in [5.41, 5.74) is 1.96. The molecule has 0 aliphatic carbocycles. The number of hydrogen-bond donors (Lipinski definition) is 2. The number of carboxylic acids is 1. The summed E-state index contributed by atoms with van der Waals surface area (Å²) in [6.45, 7) is 4.06. The van der Waals surface area contributed by atoms with Crippen molar-refractivity contribution in [2.45, 2.75) is 26.4 Å². The van der Waals surface area contributed by atoms with E-state index >= 15 is 0 Å². The molecule has 0 radical (unpaired) electrons. The van der Waals surface area contributed by atoms with Gasteiger partial charge in [-0.1, -0.05) is 42.5 Å². The van der Waals surface area contributed by atoms with Crippen LogP contribution in [0.1, 0.15) is 25.0 Å². The van der Waals surface area contributed by atoms with Crippen LogP contribution in [-0.4, -0.2) is 30.2 Å². The lowest BCUT2D eigenvalue weighted by molar-refractivity contribution is -0.145. The maximum Gasteiger partial charge on any atom is 0.335 e. The van der Waals surface area contributed by atoms with E-state index in [4.69, 9.17) is 9.05 Å². The lowest BCUT2D eigenvalue weighted by atomic mass is 9.98. The zero-order valence-electron chi connectivity index (χ0n) is 16.5. The highest BCUT2D eigenvalue weighted by Gasteiger charge is 2.27. The number of carbonyl (C=O) groups excluding carboxylic acids is 1. The lowest BCUT2D eigenvalue weighted by Crippen LogP contribution is -2.31. The maximum atomic E-state index is 12.6. The fourth-order valence-corrected chi connectivity index (χ4v) is 4.51. The lowest BCUT2D eigenvalue weighted by Gasteiger charge is -2.17. The highest BCUT2D eigenvalue weighted by atomic mass is 31.2. The minimum Gasteiger partial charge on any atom is -0.481 e. The molecule has 29 heavy (non-hydrogen) atoms. The number of aliphatic carboxylic acids is 1. The smallest absolute Gasteiger partial charge is 0.335 e. The van der Waals surface area contributed by atoms with Crippen molar-refractivity contribution in [1.82, 2.24) is 0 Å². The third kappa shape index (κ3) is 7.13. The molecule has 0 spiro atoms. The highest BCUT2D eigenvalue weighted by molar-refractivity contribution is 7.53. The first-order chi connectivity index (χ1) is 13.9. The van der Waals surface area contributed by atoms with E-state index in [9.17, 15) is 19.3 Å². The number of hydrogen-bond acceptors (Lipinski definition) is 5. The molecule has 8 heteroatoms. The van der Waals surface area contributed by atoms with Gasteiger partial charge < -0.3 is 19.5 Å². The molecular formula is C21H26NO6P. The van der Waals surface area contributed by atoms with Gasteiger partial charge in [-0.3, -0.25) is 14.2 Å². The van der Waals surface area contributed by atoms with Crippen molar-refractivity contribution in [2.24, 2.45) is 5.92 Å². The Morgan fingerprint density at radius 3 is 2.07 bits per heavy atom. The number of amides is 1. The van der Waals surface area contributed by atoms with Gasteiger partial charge >= 0.3 is 13.6 Å². The second kappa shape index (κ2) is 10.9. The quantitative estimate of drug-likeness (QED) is 0.415. The number of anilines is 1. The Labute approximate surface area is 170 Å². The summed E-state index contributed by atoms with van der Waals surface area (Å²) in [4.78, 5) is 24.0. The summed E-state index contributed by atoms with van der Waals surface area (Å²) < 4.78 is 23.2. The van der Waals surface area contributed by atoms with Gasteiger partial charge in [0.2, 0.25) is 5.91 Å². The molecule has 0 saturated heterocycles. The molecule has 0 bridgehead atoms. The van der Waals surface area contributed by atoms with Crippen LogP contribution in [0, 0.1) is 5.92 Å². The summed E-state index contributed by atoms with van der Waals surface area (Å²) in [6.07, 6.45) is 0.223. The van der Waals surface area contributed by atoms with E-state index in [1.807, 2.05) is 6.07 Å². The van der Waals surface area contributed by atoms with Gasteiger partial charge in [-0.25, -0.2) is 0 Å². The fourth-order valence-electron chi connectivity index (χ4n) is 2.81. The number of carbonyl (C=O) groups is 2. The maximum absolute atomic E-state index is 12.6. The van der Waals surface area contributed by atoms with Crippen LogP contribution in [0.2, 0.25) is 0 Å². The highest BCUT2D eigenvalue weighted by Crippen LogP contribution is 2.51. The minimum atomic E-state index is -3.22. The predicted molar refractivity (Wildman–Crippen MR) is 111 cm³/mol. The first-order valence-electron chi connectivity index (χ1n) is 9.41. The van der Waals surface area contributed by atoms with E-state index < -0.39 is 25.4 Å². The molecule has 2 aromatic rings. The molecular weight excluding hydrogens is 393 g/mol. The van der Waals surface area contributed by atoms with Crippen molar-refractivity contribution < 1.29 is 28.3 Å². The van der Waals surface area contributed by atoms with Crippen molar-refractivity contribution in [2.75, 3.05) is 18.5 Å². The van der Waals surface area contributed by atoms with Gasteiger partial charge in [0, 0.05) is 5.69 Å². The fraction of sp³-hybridized carbons (Fsp3) is 0.333. The number of carboxylic acid groups (broad SMARTS) is 1. The zero-order valence-corrected chi connectivity index (χ0v) is 17.4. The van der Waals surface area contributed by atoms with Gasteiger partial charge in [0.1, 0.15) is 5.92 Å². The normalized spacial score (nSPS) is 12.3. The van der Waals surface area contributed by atoms with Crippen molar-refractivity contribution in [3.63, 3.8) is 0 Å². The second-order valence-corrected chi connectivity index (χ2v) is 8.43. The van der Waals surface area contributed by atoms with Crippen molar-refractivity contribution >= 4 is 25.2 Å². The van der Waals surface area contributed by atoms with Gasteiger partial charge in [-0.2, -0.15) is 0 Å². The molecule has 0 heterocycles. The first-order valence-corrected chi connectivity index (χ1v) is 11.1. The SMILES string of the molecule is CCOP(=O)(Cc1ccc(NC(=O)C(Cc2ccccc2)C(=O)O)cc1)OCC. The Morgan fingerprint density at radius 1 is 0.966 bits per heavy atom. The van der Waals surface area contributed by atoms with E-state index in [-0.39, 0.29) is 25.8 Å². The third-order valence-corrected chi connectivity index (χ3v) is 6.20. The third-order valence-electron chi connectivity index (χ3n) is 4.15. The molecule has 0 aliphatic heterocycles. The van der Waals surface area contributed by atoms with Crippen molar-refractivity contribution in [3.05, 3.63) is 65.7 Å². The van der Waals surface area contributed by atoms with Gasteiger partial charge in [-0.15, -0.1) is 0 Å². The van der Waals surface area contributed by atoms with Crippen LogP contribution < -0.4 is 5.32 Å². The molecule has 7 nitrogen and oxygen atoms in total. The Bertz CT molecular complexity index is 843. The van der Waals surface area contributed by atoms with Gasteiger partial charge in [0.25, 0.3) is 0 Å². The average molecular weight is 419 g/mol. The number of nitrogens with one attached hydrogen (secondary N) is 1. The monoisotopic (exact) mass is 419 g/mol. The summed E-state index contributed by atoms with van der Waals surface area (Å²) in [7, 11) is -3.22. The van der Waals surface area contributed by atoms with Gasteiger partial charge in [0.05, 0.1) is 19.4 Å². The Kier molecular flexibility index (Phi) is 8.58. The van der Waals surface area contributed by atoms with Crippen LogP contribution in [0.15, 0.2) is 54.6 Å². The molecule has 1 unspecified atom stereocenters. The van der Waals surface area contributed by atoms with E-state index in [1.54, 1.807) is 62.4 Å².